The van der Waals surface area contributed by atoms with Crippen LogP contribution in [0, 0.1) is 11.3 Å². The molecule has 2 rings (SSSR count). The van der Waals surface area contributed by atoms with Crippen LogP contribution in [0.25, 0.3) is 0 Å². The third kappa shape index (κ3) is 4.33. The minimum Gasteiger partial charge on any atom is -0.479 e. The Hall–Kier alpha value is -2.59. The minimum atomic E-state index is -0.391. The van der Waals surface area contributed by atoms with Crippen molar-refractivity contribution in [3.05, 3.63) is 41.1 Å². The average molecular weight is 373 g/mol. The molecule has 0 aromatic heterocycles. The monoisotopic (exact) mass is 373 g/mol. The lowest BCUT2D eigenvalue weighted by Crippen LogP contribution is -2.48. The summed E-state index contributed by atoms with van der Waals surface area (Å²) in [6, 6.07) is 8.78. The van der Waals surface area contributed by atoms with E-state index in [0.29, 0.717) is 16.4 Å². The van der Waals surface area contributed by atoms with Gasteiger partial charge in [0, 0.05) is 12.2 Å². The highest BCUT2D eigenvalue weighted by atomic mass is 32.1. The van der Waals surface area contributed by atoms with Crippen molar-refractivity contribution in [3.8, 4) is 11.8 Å². The molecule has 0 bridgehead atoms. The predicted molar refractivity (Wildman–Crippen MR) is 102 cm³/mol. The third-order valence-corrected chi connectivity index (χ3v) is 4.59. The lowest BCUT2D eigenvalue weighted by atomic mass is 9.95. The smallest absolute Gasteiger partial charge is 0.337 e. The first-order valence-corrected chi connectivity index (χ1v) is 8.91. The number of nitrogens with zero attached hydrogens (tertiary/aromatic N) is 2. The molecule has 0 unspecified atom stereocenters. The van der Waals surface area contributed by atoms with Crippen LogP contribution in [0.2, 0.25) is 0 Å². The van der Waals surface area contributed by atoms with Crippen molar-refractivity contribution in [1.29, 1.82) is 5.26 Å². The number of hydrogen-bond acceptors (Lipinski definition) is 5. The van der Waals surface area contributed by atoms with Gasteiger partial charge in [0.15, 0.2) is 11.7 Å². The second-order valence-corrected chi connectivity index (χ2v) is 6.28. The van der Waals surface area contributed by atoms with E-state index in [-0.39, 0.29) is 12.6 Å². The Morgan fingerprint density at radius 3 is 2.65 bits per heavy atom. The number of unbranched alkanes of at least 4 members (excludes halogenated alkanes) is 1. The Labute approximate surface area is 159 Å². The fourth-order valence-corrected chi connectivity index (χ4v) is 3.21. The van der Waals surface area contributed by atoms with Crippen molar-refractivity contribution >= 4 is 23.3 Å². The van der Waals surface area contributed by atoms with E-state index in [0.717, 1.165) is 30.6 Å². The van der Waals surface area contributed by atoms with E-state index in [1.54, 1.807) is 12.1 Å². The number of esters is 1. The Morgan fingerprint density at radius 1 is 1.38 bits per heavy atom. The molecular formula is C19H23N3O3S. The summed E-state index contributed by atoms with van der Waals surface area (Å²) < 4.78 is 10.3. The molecule has 7 heteroatoms. The lowest BCUT2D eigenvalue weighted by Gasteiger charge is -2.37. The summed E-state index contributed by atoms with van der Waals surface area (Å²) in [4.78, 5) is 14.4. The van der Waals surface area contributed by atoms with Crippen molar-refractivity contribution in [2.45, 2.75) is 32.7 Å². The highest BCUT2D eigenvalue weighted by Gasteiger charge is 2.34. The van der Waals surface area contributed by atoms with Gasteiger partial charge in [0.1, 0.15) is 11.8 Å². The van der Waals surface area contributed by atoms with Crippen LogP contribution in [-0.2, 0) is 9.53 Å². The molecule has 1 aliphatic rings. The number of rotatable bonds is 7. The van der Waals surface area contributed by atoms with Crippen LogP contribution in [0.3, 0.4) is 0 Å². The second kappa shape index (κ2) is 9.20. The maximum Gasteiger partial charge on any atom is 0.337 e. The highest BCUT2D eigenvalue weighted by Crippen LogP contribution is 2.32. The van der Waals surface area contributed by atoms with Crippen LogP contribution in [0.4, 0.5) is 0 Å². The van der Waals surface area contributed by atoms with E-state index in [1.807, 2.05) is 30.0 Å². The molecule has 1 aromatic carbocycles. The number of allylic oxidation sites excluding steroid dienone is 1. The number of carbonyl (C=O) groups excluding carboxylic acids is 1. The minimum absolute atomic E-state index is 0.01000. The van der Waals surface area contributed by atoms with Crippen molar-refractivity contribution in [3.63, 3.8) is 0 Å². The van der Waals surface area contributed by atoms with Crippen molar-refractivity contribution in [2.75, 3.05) is 20.3 Å². The summed E-state index contributed by atoms with van der Waals surface area (Å²) in [6.07, 6.45) is 2.01. The van der Waals surface area contributed by atoms with Crippen LogP contribution in [0.15, 0.2) is 35.5 Å². The molecule has 0 aliphatic carbocycles. The van der Waals surface area contributed by atoms with Crippen molar-refractivity contribution in [2.24, 2.45) is 0 Å². The summed E-state index contributed by atoms with van der Waals surface area (Å²) in [5.74, 6) is 0.215. The largest absolute Gasteiger partial charge is 0.479 e. The number of benzene rings is 1. The van der Waals surface area contributed by atoms with E-state index >= 15 is 0 Å². The Kier molecular flexibility index (Phi) is 6.98. The van der Waals surface area contributed by atoms with E-state index < -0.39 is 6.04 Å². The molecule has 0 spiro atoms. The van der Waals surface area contributed by atoms with Gasteiger partial charge in [-0.1, -0.05) is 25.5 Å². The fraction of sp³-hybridized carbons (Fsp3) is 0.421. The van der Waals surface area contributed by atoms with Gasteiger partial charge < -0.3 is 19.7 Å². The van der Waals surface area contributed by atoms with Gasteiger partial charge in [-0.3, -0.25) is 0 Å². The number of nitriles is 1. The number of hydrogen-bond donors (Lipinski definition) is 1. The zero-order chi connectivity index (χ0) is 19.1. The van der Waals surface area contributed by atoms with Gasteiger partial charge in [0.2, 0.25) is 0 Å². The van der Waals surface area contributed by atoms with Crippen molar-refractivity contribution in [1.82, 2.24) is 10.2 Å². The van der Waals surface area contributed by atoms with E-state index in [9.17, 15) is 4.79 Å². The van der Waals surface area contributed by atoms with E-state index in [4.69, 9.17) is 27.0 Å². The van der Waals surface area contributed by atoms with Gasteiger partial charge in [0.25, 0.3) is 0 Å². The van der Waals surface area contributed by atoms with Gasteiger partial charge >= 0.3 is 5.97 Å². The first kappa shape index (κ1) is 19.7. The van der Waals surface area contributed by atoms with Gasteiger partial charge in [-0.15, -0.1) is 0 Å². The number of thiocarbonyl (C=S) groups is 1. The molecule has 1 atom stereocenters. The molecule has 6 nitrogen and oxygen atoms in total. The Balaban J connectivity index is 2.37. The highest BCUT2D eigenvalue weighted by molar-refractivity contribution is 7.80. The van der Waals surface area contributed by atoms with Crippen LogP contribution in [0.1, 0.15) is 38.3 Å². The maximum absolute atomic E-state index is 12.4. The normalized spacial score (nSPS) is 16.8. The first-order valence-electron chi connectivity index (χ1n) is 8.50. The first-order chi connectivity index (χ1) is 12.5. The standard InChI is InChI=1S/C19H23N3O3S/c1-4-5-11-22-13(2)16(18(23)24-3)17(21-19(22)26)14-6-8-15(9-7-14)25-12-10-20/h6-9,17H,4-5,11-12H2,1-3H3,(H,21,26)/t17-/m0/s1. The van der Waals surface area contributed by atoms with Crippen LogP contribution >= 0.6 is 12.2 Å². The quantitative estimate of drug-likeness (QED) is 0.581. The van der Waals surface area contributed by atoms with Crippen molar-refractivity contribution < 1.29 is 14.3 Å². The molecule has 1 aliphatic heterocycles. The maximum atomic E-state index is 12.4. The molecule has 1 N–H and O–H groups in total. The SMILES string of the molecule is CCCCN1C(=S)N[C@@H](c2ccc(OCC#N)cc2)C(C(=O)OC)=C1C. The summed E-state index contributed by atoms with van der Waals surface area (Å²) in [6.45, 7) is 4.75. The molecule has 1 heterocycles. The summed E-state index contributed by atoms with van der Waals surface area (Å²) in [5, 5.41) is 12.4. The van der Waals surface area contributed by atoms with Gasteiger partial charge in [-0.05, 0) is 43.3 Å². The number of carbonyl (C=O) groups is 1. The molecule has 26 heavy (non-hydrogen) atoms. The zero-order valence-corrected chi connectivity index (χ0v) is 16.1. The molecular weight excluding hydrogens is 350 g/mol. The molecule has 0 saturated carbocycles. The van der Waals surface area contributed by atoms with E-state index in [2.05, 4.69) is 12.2 Å². The second-order valence-electron chi connectivity index (χ2n) is 5.89. The average Bonchev–Trinajstić information content (AvgIpc) is 2.65. The molecule has 0 fully saturated rings. The number of ether oxygens (including phenoxy) is 2. The summed E-state index contributed by atoms with van der Waals surface area (Å²) >= 11 is 5.52. The molecule has 138 valence electrons. The third-order valence-electron chi connectivity index (χ3n) is 4.25. The molecule has 0 radical (unpaired) electrons. The zero-order valence-electron chi connectivity index (χ0n) is 15.2. The molecule has 0 saturated heterocycles. The van der Waals surface area contributed by atoms with Crippen LogP contribution in [-0.4, -0.2) is 36.2 Å². The summed E-state index contributed by atoms with van der Waals surface area (Å²) in [5.41, 5.74) is 2.22. The predicted octanol–water partition coefficient (Wildman–Crippen LogP) is 3.07. The fourth-order valence-electron chi connectivity index (χ4n) is 2.86. The molecule has 0 amide bonds. The van der Waals surface area contributed by atoms with Gasteiger partial charge in [-0.25, -0.2) is 4.79 Å². The Bertz CT molecular complexity index is 737. The molecule has 1 aromatic rings. The number of methoxy groups -OCH3 is 1. The number of nitrogens with one attached hydrogen (secondary N) is 1. The van der Waals surface area contributed by atoms with E-state index in [1.165, 1.54) is 7.11 Å². The Morgan fingerprint density at radius 2 is 2.08 bits per heavy atom. The van der Waals surface area contributed by atoms with Gasteiger partial charge in [0.05, 0.1) is 18.7 Å². The van der Waals surface area contributed by atoms with Crippen LogP contribution in [0.5, 0.6) is 5.75 Å². The topological polar surface area (TPSA) is 74.6 Å². The van der Waals surface area contributed by atoms with Gasteiger partial charge in [-0.2, -0.15) is 5.26 Å². The van der Waals surface area contributed by atoms with Crippen LogP contribution < -0.4 is 10.1 Å². The summed E-state index contributed by atoms with van der Waals surface area (Å²) in [7, 11) is 1.38. The lowest BCUT2D eigenvalue weighted by molar-refractivity contribution is -0.136.